The lowest BCUT2D eigenvalue weighted by atomic mass is 9.95. The second-order valence-electron chi connectivity index (χ2n) is 7.89. The zero-order valence-electron chi connectivity index (χ0n) is 17.5. The van der Waals surface area contributed by atoms with Crippen molar-refractivity contribution in [1.29, 1.82) is 0 Å². The van der Waals surface area contributed by atoms with Crippen LogP contribution in [0.2, 0.25) is 0 Å². The molecule has 1 atom stereocenters. The average molecular weight is 417 g/mol. The van der Waals surface area contributed by atoms with Crippen molar-refractivity contribution in [3.63, 3.8) is 0 Å². The molecular weight excluding hydrogens is 394 g/mol. The van der Waals surface area contributed by atoms with Crippen LogP contribution in [0.1, 0.15) is 31.1 Å². The smallest absolute Gasteiger partial charge is 0.338 e. The third kappa shape index (κ3) is 3.70. The van der Waals surface area contributed by atoms with Gasteiger partial charge in [0.2, 0.25) is 5.91 Å². The van der Waals surface area contributed by atoms with Crippen LogP contribution in [0.5, 0.6) is 0 Å². The van der Waals surface area contributed by atoms with Crippen LogP contribution in [-0.4, -0.2) is 34.0 Å². The zero-order valence-corrected chi connectivity index (χ0v) is 17.5. The number of amides is 2. The van der Waals surface area contributed by atoms with E-state index in [1.54, 1.807) is 62.4 Å². The third-order valence-electron chi connectivity index (χ3n) is 5.37. The molecule has 158 valence electrons. The molecule has 0 radical (unpaired) electrons. The van der Waals surface area contributed by atoms with Crippen molar-refractivity contribution in [2.24, 2.45) is 0 Å². The molecule has 0 saturated heterocycles. The van der Waals surface area contributed by atoms with E-state index in [0.717, 1.165) is 5.69 Å². The van der Waals surface area contributed by atoms with Crippen LogP contribution < -0.4 is 10.2 Å². The number of nitrogens with one attached hydrogen (secondary N) is 1. The van der Waals surface area contributed by atoms with Crippen molar-refractivity contribution in [2.75, 3.05) is 10.2 Å². The Labute approximate surface area is 180 Å². The van der Waals surface area contributed by atoms with Crippen LogP contribution in [0, 0.1) is 0 Å². The van der Waals surface area contributed by atoms with E-state index in [9.17, 15) is 14.4 Å². The molecule has 2 heterocycles. The van der Waals surface area contributed by atoms with Crippen molar-refractivity contribution in [3.8, 4) is 5.69 Å². The molecule has 2 aromatic carbocycles. The number of anilines is 2. The maximum absolute atomic E-state index is 13.3. The first-order valence-electron chi connectivity index (χ1n) is 9.98. The van der Waals surface area contributed by atoms with Gasteiger partial charge in [-0.1, -0.05) is 12.1 Å². The summed E-state index contributed by atoms with van der Waals surface area (Å²) in [6, 6.07) is 17.8. The second-order valence-corrected chi connectivity index (χ2v) is 7.89. The Morgan fingerprint density at radius 3 is 2.29 bits per heavy atom. The van der Waals surface area contributed by atoms with Crippen LogP contribution in [-0.2, 0) is 14.3 Å². The summed E-state index contributed by atoms with van der Waals surface area (Å²) in [4.78, 5) is 39.9. The average Bonchev–Trinajstić information content (AvgIpc) is 3.29. The highest BCUT2D eigenvalue weighted by molar-refractivity contribution is 6.15. The highest BCUT2D eigenvalue weighted by Crippen LogP contribution is 2.37. The van der Waals surface area contributed by atoms with Crippen molar-refractivity contribution in [1.82, 2.24) is 4.57 Å². The number of benzene rings is 2. The van der Waals surface area contributed by atoms with Gasteiger partial charge in [0.25, 0.3) is 5.91 Å². The third-order valence-corrected chi connectivity index (χ3v) is 5.37. The van der Waals surface area contributed by atoms with E-state index in [1.807, 2.05) is 29.1 Å². The van der Waals surface area contributed by atoms with Gasteiger partial charge in [0.1, 0.15) is 5.54 Å². The van der Waals surface area contributed by atoms with E-state index >= 15 is 0 Å². The SMILES string of the molecule is CC(OC(=O)c1ccc(-n2cccc2)cc1)C(=O)N1c2ccccc2NC(=O)C1(C)C. The van der Waals surface area contributed by atoms with Gasteiger partial charge in [-0.3, -0.25) is 14.5 Å². The summed E-state index contributed by atoms with van der Waals surface area (Å²) < 4.78 is 7.38. The maximum atomic E-state index is 13.3. The van der Waals surface area contributed by atoms with Crippen LogP contribution in [0.4, 0.5) is 11.4 Å². The Bertz CT molecular complexity index is 1130. The van der Waals surface area contributed by atoms with E-state index in [4.69, 9.17) is 4.74 Å². The summed E-state index contributed by atoms with van der Waals surface area (Å²) in [7, 11) is 0. The van der Waals surface area contributed by atoms with Crippen molar-refractivity contribution >= 4 is 29.2 Å². The molecular formula is C24H23N3O4. The number of ether oxygens (including phenoxy) is 1. The minimum absolute atomic E-state index is 0.307. The Kier molecular flexibility index (Phi) is 5.10. The summed E-state index contributed by atoms with van der Waals surface area (Å²) in [6.45, 7) is 4.83. The summed E-state index contributed by atoms with van der Waals surface area (Å²) in [5, 5.41) is 2.81. The number of para-hydroxylation sites is 2. The van der Waals surface area contributed by atoms with Crippen LogP contribution in [0.15, 0.2) is 73.1 Å². The highest BCUT2D eigenvalue weighted by Gasteiger charge is 2.45. The summed E-state index contributed by atoms with van der Waals surface area (Å²) in [5.41, 5.74) is 1.22. The zero-order chi connectivity index (χ0) is 22.2. The van der Waals surface area contributed by atoms with Crippen molar-refractivity contribution in [2.45, 2.75) is 32.4 Å². The number of hydrogen-bond acceptors (Lipinski definition) is 4. The van der Waals surface area contributed by atoms with Crippen LogP contribution >= 0.6 is 0 Å². The molecule has 0 fully saturated rings. The normalized spacial score (nSPS) is 15.6. The van der Waals surface area contributed by atoms with Gasteiger partial charge in [0.15, 0.2) is 6.10 Å². The van der Waals surface area contributed by atoms with Crippen molar-refractivity contribution in [3.05, 3.63) is 78.6 Å². The Balaban J connectivity index is 1.53. The van der Waals surface area contributed by atoms with E-state index in [-0.39, 0.29) is 5.91 Å². The molecule has 3 aromatic rings. The fraction of sp³-hybridized carbons (Fsp3) is 0.208. The molecule has 7 heteroatoms. The second kappa shape index (κ2) is 7.75. The monoisotopic (exact) mass is 417 g/mol. The number of esters is 1. The Morgan fingerprint density at radius 2 is 1.61 bits per heavy atom. The van der Waals surface area contributed by atoms with Gasteiger partial charge in [-0.2, -0.15) is 0 Å². The fourth-order valence-electron chi connectivity index (χ4n) is 3.58. The molecule has 0 spiro atoms. The van der Waals surface area contributed by atoms with E-state index < -0.39 is 23.5 Å². The molecule has 31 heavy (non-hydrogen) atoms. The molecule has 2 amide bonds. The van der Waals surface area contributed by atoms with Gasteiger partial charge in [-0.05, 0) is 69.3 Å². The fourth-order valence-corrected chi connectivity index (χ4v) is 3.58. The minimum Gasteiger partial charge on any atom is -0.449 e. The number of hydrogen-bond donors (Lipinski definition) is 1. The molecule has 4 rings (SSSR count). The lowest BCUT2D eigenvalue weighted by molar-refractivity contribution is -0.131. The standard InChI is InChI=1S/C24H23N3O4/c1-16(31-22(29)17-10-12-18(13-11-17)26-14-6-7-15-26)21(28)27-20-9-5-4-8-19(20)25-23(30)24(27,2)3/h4-16H,1-3H3,(H,25,30). The molecule has 1 aromatic heterocycles. The number of nitrogens with zero attached hydrogens (tertiary/aromatic N) is 2. The predicted octanol–water partition coefficient (Wildman–Crippen LogP) is 3.79. The quantitative estimate of drug-likeness (QED) is 0.655. The summed E-state index contributed by atoms with van der Waals surface area (Å²) in [6.07, 6.45) is 2.74. The Hall–Kier alpha value is -3.87. The maximum Gasteiger partial charge on any atom is 0.338 e. The predicted molar refractivity (Wildman–Crippen MR) is 117 cm³/mol. The molecule has 1 aliphatic heterocycles. The first-order chi connectivity index (χ1) is 14.8. The topological polar surface area (TPSA) is 80.6 Å². The lowest BCUT2D eigenvalue weighted by Gasteiger charge is -2.42. The molecule has 1 aliphatic rings. The molecule has 0 saturated carbocycles. The first kappa shape index (κ1) is 20.4. The van der Waals surface area contributed by atoms with E-state index in [0.29, 0.717) is 16.9 Å². The molecule has 1 N–H and O–H groups in total. The molecule has 7 nitrogen and oxygen atoms in total. The number of carbonyl (C=O) groups excluding carboxylic acids is 3. The van der Waals surface area contributed by atoms with Gasteiger partial charge in [-0.15, -0.1) is 0 Å². The molecule has 1 unspecified atom stereocenters. The van der Waals surface area contributed by atoms with Crippen LogP contribution in [0.3, 0.4) is 0 Å². The number of aromatic nitrogens is 1. The van der Waals surface area contributed by atoms with Gasteiger partial charge < -0.3 is 14.6 Å². The molecule has 0 bridgehead atoms. The number of carbonyl (C=O) groups is 3. The van der Waals surface area contributed by atoms with Gasteiger partial charge in [0, 0.05) is 18.1 Å². The minimum atomic E-state index is -1.13. The van der Waals surface area contributed by atoms with Gasteiger partial charge >= 0.3 is 5.97 Å². The van der Waals surface area contributed by atoms with Gasteiger partial charge in [-0.25, -0.2) is 4.79 Å². The van der Waals surface area contributed by atoms with E-state index in [1.165, 1.54) is 11.8 Å². The largest absolute Gasteiger partial charge is 0.449 e. The lowest BCUT2D eigenvalue weighted by Crippen LogP contribution is -2.60. The number of rotatable bonds is 4. The van der Waals surface area contributed by atoms with Crippen molar-refractivity contribution < 1.29 is 19.1 Å². The van der Waals surface area contributed by atoms with Gasteiger partial charge in [0.05, 0.1) is 16.9 Å². The summed E-state index contributed by atoms with van der Waals surface area (Å²) >= 11 is 0. The number of fused-ring (bicyclic) bond motifs is 1. The molecule has 0 aliphatic carbocycles. The first-order valence-corrected chi connectivity index (χ1v) is 9.98. The van der Waals surface area contributed by atoms with Crippen LogP contribution in [0.25, 0.3) is 5.69 Å². The summed E-state index contributed by atoms with van der Waals surface area (Å²) in [5.74, 6) is -1.38. The van der Waals surface area contributed by atoms with E-state index in [2.05, 4.69) is 5.32 Å². The Morgan fingerprint density at radius 1 is 0.968 bits per heavy atom. The highest BCUT2D eigenvalue weighted by atomic mass is 16.5.